The van der Waals surface area contributed by atoms with Crippen LogP contribution in [0.5, 0.6) is 0 Å². The molecule has 0 saturated carbocycles. The van der Waals surface area contributed by atoms with Crippen LogP contribution in [0.1, 0.15) is 51.1 Å². The Hall–Kier alpha value is -0.900. The topological polar surface area (TPSA) is 42.0 Å². The highest BCUT2D eigenvalue weighted by molar-refractivity contribution is 7.16. The lowest BCUT2D eigenvalue weighted by atomic mass is 9.96. The van der Waals surface area contributed by atoms with Gasteiger partial charge in [-0.1, -0.05) is 34.6 Å². The van der Waals surface area contributed by atoms with Crippen LogP contribution in [0.3, 0.4) is 0 Å². The van der Waals surface area contributed by atoms with E-state index in [-0.39, 0.29) is 11.3 Å². The number of hydrogen-bond acceptors (Lipinski definition) is 3. The highest BCUT2D eigenvalue weighted by Crippen LogP contribution is 2.30. The highest BCUT2D eigenvalue weighted by Gasteiger charge is 2.22. The van der Waals surface area contributed by atoms with Gasteiger partial charge in [0.15, 0.2) is 5.13 Å². The lowest BCUT2D eigenvalue weighted by Gasteiger charge is -2.15. The molecular weight excluding hydrogens is 220 g/mol. The summed E-state index contributed by atoms with van der Waals surface area (Å²) in [5.74, 6) is 0.467. The van der Waals surface area contributed by atoms with E-state index in [0.29, 0.717) is 11.0 Å². The molecule has 1 aromatic heterocycles. The van der Waals surface area contributed by atoms with Crippen LogP contribution in [-0.2, 0) is 4.79 Å². The molecule has 0 bridgehead atoms. The predicted molar refractivity (Wildman–Crippen MR) is 69.0 cm³/mol. The maximum absolute atomic E-state index is 11.8. The molecule has 1 rings (SSSR count). The number of amides is 1. The van der Waals surface area contributed by atoms with Gasteiger partial charge in [-0.05, 0) is 12.8 Å². The molecule has 0 aliphatic rings. The molecular formula is C12H20N2OS. The van der Waals surface area contributed by atoms with Crippen molar-refractivity contribution in [3.05, 3.63) is 10.6 Å². The monoisotopic (exact) mass is 240 g/mol. The fourth-order valence-corrected chi connectivity index (χ4v) is 2.25. The third-order valence-corrected chi connectivity index (χ3v) is 3.63. The molecule has 0 atom stereocenters. The average Bonchev–Trinajstić information content (AvgIpc) is 2.45. The van der Waals surface area contributed by atoms with Crippen molar-refractivity contribution in [2.24, 2.45) is 5.41 Å². The van der Waals surface area contributed by atoms with Gasteiger partial charge in [-0.25, -0.2) is 4.98 Å². The van der Waals surface area contributed by atoms with Gasteiger partial charge in [0, 0.05) is 10.3 Å². The van der Waals surface area contributed by atoms with Gasteiger partial charge in [0.1, 0.15) is 0 Å². The van der Waals surface area contributed by atoms with Crippen molar-refractivity contribution in [3.63, 3.8) is 0 Å². The van der Waals surface area contributed by atoms with Crippen LogP contribution in [-0.4, -0.2) is 10.9 Å². The standard InChI is InChI=1S/C12H20N2OS/c1-7(2)9-8(3)13-11(16-9)14-10(15)12(4,5)6/h7H,1-6H3,(H,13,14,15). The van der Waals surface area contributed by atoms with E-state index in [4.69, 9.17) is 0 Å². The Balaban J connectivity index is 2.84. The fraction of sp³-hybridized carbons (Fsp3) is 0.667. The summed E-state index contributed by atoms with van der Waals surface area (Å²) >= 11 is 1.57. The Kier molecular flexibility index (Phi) is 3.73. The van der Waals surface area contributed by atoms with Gasteiger partial charge in [0.05, 0.1) is 5.69 Å². The fourth-order valence-electron chi connectivity index (χ4n) is 1.28. The molecule has 0 saturated heterocycles. The Bertz CT molecular complexity index is 388. The van der Waals surface area contributed by atoms with Crippen LogP contribution < -0.4 is 5.32 Å². The predicted octanol–water partition coefficient (Wildman–Crippen LogP) is 3.56. The second kappa shape index (κ2) is 4.53. The number of nitrogens with one attached hydrogen (secondary N) is 1. The smallest absolute Gasteiger partial charge is 0.231 e. The van der Waals surface area contributed by atoms with E-state index in [1.807, 2.05) is 27.7 Å². The summed E-state index contributed by atoms with van der Waals surface area (Å²) in [6, 6.07) is 0. The average molecular weight is 240 g/mol. The second-order valence-electron chi connectivity index (χ2n) is 5.33. The van der Waals surface area contributed by atoms with Crippen molar-refractivity contribution in [1.82, 2.24) is 4.98 Å². The quantitative estimate of drug-likeness (QED) is 0.858. The number of aryl methyl sites for hydroxylation is 1. The molecule has 1 amide bonds. The minimum atomic E-state index is -0.377. The van der Waals surface area contributed by atoms with Crippen molar-refractivity contribution in [3.8, 4) is 0 Å². The molecule has 0 aromatic carbocycles. The molecule has 16 heavy (non-hydrogen) atoms. The molecule has 4 heteroatoms. The molecule has 1 aromatic rings. The van der Waals surface area contributed by atoms with Gasteiger partial charge in [-0.15, -0.1) is 11.3 Å². The maximum Gasteiger partial charge on any atom is 0.231 e. The van der Waals surface area contributed by atoms with Crippen LogP contribution in [0.15, 0.2) is 0 Å². The minimum Gasteiger partial charge on any atom is -0.302 e. The van der Waals surface area contributed by atoms with Crippen LogP contribution in [0, 0.1) is 12.3 Å². The Labute approximate surface area is 101 Å². The van der Waals surface area contributed by atoms with Crippen LogP contribution in [0.2, 0.25) is 0 Å². The summed E-state index contributed by atoms with van der Waals surface area (Å²) in [5.41, 5.74) is 0.640. The molecule has 1 N–H and O–H groups in total. The molecule has 0 radical (unpaired) electrons. The first-order valence-corrected chi connectivity index (χ1v) is 6.32. The third-order valence-electron chi connectivity index (χ3n) is 2.26. The van der Waals surface area contributed by atoms with Crippen LogP contribution >= 0.6 is 11.3 Å². The molecule has 0 aliphatic heterocycles. The summed E-state index contributed by atoms with van der Waals surface area (Å²) in [6.07, 6.45) is 0. The Morgan fingerprint density at radius 2 is 1.94 bits per heavy atom. The molecule has 0 unspecified atom stereocenters. The molecule has 3 nitrogen and oxygen atoms in total. The second-order valence-corrected chi connectivity index (χ2v) is 6.36. The van der Waals surface area contributed by atoms with E-state index in [0.717, 1.165) is 5.69 Å². The van der Waals surface area contributed by atoms with Crippen LogP contribution in [0.4, 0.5) is 5.13 Å². The number of carbonyl (C=O) groups excluding carboxylic acids is 1. The number of carbonyl (C=O) groups is 1. The van der Waals surface area contributed by atoms with Crippen molar-refractivity contribution >= 4 is 22.4 Å². The minimum absolute atomic E-state index is 0.0107. The van der Waals surface area contributed by atoms with E-state index in [9.17, 15) is 4.79 Å². The Morgan fingerprint density at radius 1 is 1.38 bits per heavy atom. The van der Waals surface area contributed by atoms with Gasteiger partial charge in [-0.3, -0.25) is 4.79 Å². The number of aromatic nitrogens is 1. The highest BCUT2D eigenvalue weighted by atomic mass is 32.1. The SMILES string of the molecule is Cc1nc(NC(=O)C(C)(C)C)sc1C(C)C. The first-order chi connectivity index (χ1) is 7.21. The first-order valence-electron chi connectivity index (χ1n) is 5.50. The van der Waals surface area contributed by atoms with E-state index >= 15 is 0 Å². The lowest BCUT2D eigenvalue weighted by Crippen LogP contribution is -2.27. The van der Waals surface area contributed by atoms with E-state index in [1.54, 1.807) is 11.3 Å². The lowest BCUT2D eigenvalue weighted by molar-refractivity contribution is -0.123. The zero-order chi connectivity index (χ0) is 12.5. The van der Waals surface area contributed by atoms with Crippen molar-refractivity contribution in [1.29, 1.82) is 0 Å². The summed E-state index contributed by atoms with van der Waals surface area (Å²) in [7, 11) is 0. The van der Waals surface area contributed by atoms with Crippen molar-refractivity contribution in [2.75, 3.05) is 5.32 Å². The van der Waals surface area contributed by atoms with Crippen molar-refractivity contribution < 1.29 is 4.79 Å². The zero-order valence-electron chi connectivity index (χ0n) is 10.8. The third kappa shape index (κ3) is 3.04. The molecule has 1 heterocycles. The molecule has 0 spiro atoms. The van der Waals surface area contributed by atoms with Gasteiger partial charge >= 0.3 is 0 Å². The summed E-state index contributed by atoms with van der Waals surface area (Å²) in [6.45, 7) is 11.9. The molecule has 0 fully saturated rings. The van der Waals surface area contributed by atoms with Gasteiger partial charge in [0.2, 0.25) is 5.91 Å². The zero-order valence-corrected chi connectivity index (χ0v) is 11.7. The number of nitrogens with zero attached hydrogens (tertiary/aromatic N) is 1. The van der Waals surface area contributed by atoms with Gasteiger partial charge in [-0.2, -0.15) is 0 Å². The molecule has 0 aliphatic carbocycles. The van der Waals surface area contributed by atoms with Gasteiger partial charge < -0.3 is 5.32 Å². The first kappa shape index (κ1) is 13.2. The summed E-state index contributed by atoms with van der Waals surface area (Å²) < 4.78 is 0. The number of rotatable bonds is 2. The van der Waals surface area contributed by atoms with E-state index in [1.165, 1.54) is 4.88 Å². The van der Waals surface area contributed by atoms with E-state index < -0.39 is 0 Å². The van der Waals surface area contributed by atoms with E-state index in [2.05, 4.69) is 24.1 Å². The number of thiazole rings is 1. The number of hydrogen-bond donors (Lipinski definition) is 1. The van der Waals surface area contributed by atoms with Crippen molar-refractivity contribution in [2.45, 2.75) is 47.5 Å². The van der Waals surface area contributed by atoms with Crippen LogP contribution in [0.25, 0.3) is 0 Å². The van der Waals surface area contributed by atoms with Gasteiger partial charge in [0.25, 0.3) is 0 Å². The Morgan fingerprint density at radius 3 is 2.31 bits per heavy atom. The summed E-state index contributed by atoms with van der Waals surface area (Å²) in [5, 5.41) is 3.58. The summed E-state index contributed by atoms with van der Waals surface area (Å²) in [4.78, 5) is 17.4. The molecule has 90 valence electrons. The maximum atomic E-state index is 11.8. The largest absolute Gasteiger partial charge is 0.302 e. The number of anilines is 1. The normalized spacial score (nSPS) is 11.9.